The summed E-state index contributed by atoms with van der Waals surface area (Å²) >= 11 is 0. The van der Waals surface area contributed by atoms with Gasteiger partial charge < -0.3 is 20.7 Å². The summed E-state index contributed by atoms with van der Waals surface area (Å²) in [7, 11) is -3.60. The van der Waals surface area contributed by atoms with Crippen molar-refractivity contribution in [1.29, 1.82) is 0 Å². The van der Waals surface area contributed by atoms with Crippen molar-refractivity contribution in [2.75, 3.05) is 36.6 Å². The molecule has 0 spiro atoms. The Labute approximate surface area is 229 Å². The van der Waals surface area contributed by atoms with Crippen molar-refractivity contribution < 1.29 is 31.1 Å². The standard InChI is InChI=1S/C26H27F3N6O4S/c1-17(2)16-39-15-14-30-24-34-22(33-23(35-24)20-6-4-5-7-21(20)40(3,37)38)18-8-10-19(11-9-18)32-25(36)31-13-12-26(27,28)29/h4-13H,1,14-16H2,2-3H3,(H2,31,32,36)(H,30,33,34,35)/b13-12+. The highest BCUT2D eigenvalue weighted by Crippen LogP contribution is 2.27. The molecule has 0 atom stereocenters. The van der Waals surface area contributed by atoms with E-state index >= 15 is 0 Å². The number of rotatable bonds is 11. The molecular formula is C26H27F3N6O4S. The molecule has 10 nitrogen and oxygen atoms in total. The first-order valence-corrected chi connectivity index (χ1v) is 13.6. The van der Waals surface area contributed by atoms with Crippen molar-refractivity contribution in [3.05, 3.63) is 73.0 Å². The Balaban J connectivity index is 1.88. The molecule has 0 radical (unpaired) electrons. The molecule has 0 fully saturated rings. The van der Waals surface area contributed by atoms with E-state index < -0.39 is 22.0 Å². The number of alkyl halides is 3. The smallest absolute Gasteiger partial charge is 0.375 e. The van der Waals surface area contributed by atoms with Gasteiger partial charge in [0, 0.05) is 41.9 Å². The van der Waals surface area contributed by atoms with Gasteiger partial charge >= 0.3 is 12.2 Å². The highest BCUT2D eigenvalue weighted by Gasteiger charge is 2.22. The first-order chi connectivity index (χ1) is 18.8. The molecule has 0 aliphatic carbocycles. The highest BCUT2D eigenvalue weighted by atomic mass is 32.2. The number of urea groups is 1. The van der Waals surface area contributed by atoms with Gasteiger partial charge in [0.1, 0.15) is 0 Å². The second-order valence-electron chi connectivity index (χ2n) is 8.56. The normalized spacial score (nSPS) is 11.8. The van der Waals surface area contributed by atoms with E-state index in [0.29, 0.717) is 37.2 Å². The molecule has 14 heteroatoms. The molecule has 0 unspecified atom stereocenters. The van der Waals surface area contributed by atoms with Crippen molar-refractivity contribution in [2.24, 2.45) is 0 Å². The molecule has 40 heavy (non-hydrogen) atoms. The van der Waals surface area contributed by atoms with E-state index in [-0.39, 0.29) is 34.1 Å². The average Bonchev–Trinajstić information content (AvgIpc) is 2.87. The summed E-state index contributed by atoms with van der Waals surface area (Å²) in [5.74, 6) is 0.512. The van der Waals surface area contributed by atoms with Gasteiger partial charge in [0.25, 0.3) is 0 Å². The molecule has 3 N–H and O–H groups in total. The molecule has 3 rings (SSSR count). The number of amides is 2. The third kappa shape index (κ3) is 9.47. The lowest BCUT2D eigenvalue weighted by atomic mass is 10.1. The number of carbonyl (C=O) groups is 1. The maximum atomic E-state index is 12.4. The van der Waals surface area contributed by atoms with E-state index in [1.165, 1.54) is 18.2 Å². The van der Waals surface area contributed by atoms with Crippen LogP contribution in [0.3, 0.4) is 0 Å². The molecule has 2 amide bonds. The zero-order valence-corrected chi connectivity index (χ0v) is 22.4. The zero-order chi connectivity index (χ0) is 29.3. The van der Waals surface area contributed by atoms with Crippen molar-refractivity contribution >= 4 is 27.5 Å². The quantitative estimate of drug-likeness (QED) is 0.219. The van der Waals surface area contributed by atoms with E-state index in [9.17, 15) is 26.4 Å². The fourth-order valence-corrected chi connectivity index (χ4v) is 4.13. The first kappa shape index (κ1) is 30.2. The highest BCUT2D eigenvalue weighted by molar-refractivity contribution is 7.90. The molecule has 212 valence electrons. The number of allylic oxidation sites excluding steroid dienone is 1. The van der Waals surface area contributed by atoms with Crippen LogP contribution in [0.2, 0.25) is 0 Å². The molecule has 0 saturated carbocycles. The average molecular weight is 577 g/mol. The molecule has 2 aromatic carbocycles. The van der Waals surface area contributed by atoms with Gasteiger partial charge in [0.05, 0.1) is 18.1 Å². The lowest BCUT2D eigenvalue weighted by molar-refractivity contribution is -0.0800. The van der Waals surface area contributed by atoms with Gasteiger partial charge in [0.15, 0.2) is 21.5 Å². The minimum Gasteiger partial charge on any atom is -0.375 e. The largest absolute Gasteiger partial charge is 0.411 e. The molecular weight excluding hydrogens is 549 g/mol. The summed E-state index contributed by atoms with van der Waals surface area (Å²) < 4.78 is 66.9. The minimum atomic E-state index is -4.55. The van der Waals surface area contributed by atoms with Crippen LogP contribution in [0, 0.1) is 0 Å². The van der Waals surface area contributed by atoms with Crippen LogP contribution in [-0.4, -0.2) is 61.6 Å². The summed E-state index contributed by atoms with van der Waals surface area (Å²) in [6, 6.07) is 11.6. The van der Waals surface area contributed by atoms with Gasteiger partial charge in [-0.05, 0) is 43.3 Å². The van der Waals surface area contributed by atoms with Crippen LogP contribution in [0.15, 0.2) is 77.9 Å². The number of anilines is 2. The molecule has 3 aromatic rings. The Morgan fingerprint density at radius 3 is 2.38 bits per heavy atom. The third-order valence-corrected chi connectivity index (χ3v) is 6.08. The predicted octanol–water partition coefficient (Wildman–Crippen LogP) is 4.81. The van der Waals surface area contributed by atoms with Gasteiger partial charge in [-0.15, -0.1) is 0 Å². The van der Waals surface area contributed by atoms with Crippen LogP contribution in [0.1, 0.15) is 6.92 Å². The second-order valence-corrected chi connectivity index (χ2v) is 10.5. The number of nitrogens with one attached hydrogen (secondary N) is 3. The van der Waals surface area contributed by atoms with Crippen LogP contribution in [0.5, 0.6) is 0 Å². The maximum Gasteiger partial charge on any atom is 0.411 e. The van der Waals surface area contributed by atoms with E-state index in [1.54, 1.807) is 30.3 Å². The van der Waals surface area contributed by atoms with E-state index in [0.717, 1.165) is 11.8 Å². The van der Waals surface area contributed by atoms with E-state index in [4.69, 9.17) is 4.74 Å². The van der Waals surface area contributed by atoms with Crippen LogP contribution in [0.25, 0.3) is 22.8 Å². The van der Waals surface area contributed by atoms with Crippen molar-refractivity contribution in [2.45, 2.75) is 18.0 Å². The number of hydrogen-bond acceptors (Lipinski definition) is 8. The molecule has 1 heterocycles. The Morgan fingerprint density at radius 1 is 1.05 bits per heavy atom. The van der Waals surface area contributed by atoms with Crippen LogP contribution in [0.4, 0.5) is 29.6 Å². The lowest BCUT2D eigenvalue weighted by Crippen LogP contribution is -2.24. The van der Waals surface area contributed by atoms with Crippen molar-refractivity contribution in [3.8, 4) is 22.8 Å². The summed E-state index contributed by atoms with van der Waals surface area (Å²) in [6.45, 7) is 6.70. The Morgan fingerprint density at radius 2 is 1.73 bits per heavy atom. The number of benzene rings is 2. The van der Waals surface area contributed by atoms with Gasteiger partial charge in [-0.2, -0.15) is 23.1 Å². The van der Waals surface area contributed by atoms with Crippen LogP contribution >= 0.6 is 0 Å². The second kappa shape index (κ2) is 13.2. The Bertz CT molecular complexity index is 1490. The van der Waals surface area contributed by atoms with Gasteiger partial charge in [0.2, 0.25) is 5.95 Å². The number of nitrogens with zero attached hydrogens (tertiary/aromatic N) is 3. The monoisotopic (exact) mass is 576 g/mol. The summed E-state index contributed by atoms with van der Waals surface area (Å²) in [5, 5.41) is 7.42. The minimum absolute atomic E-state index is 0.0491. The van der Waals surface area contributed by atoms with E-state index in [2.05, 4.69) is 32.2 Å². The topological polar surface area (TPSA) is 135 Å². The van der Waals surface area contributed by atoms with Gasteiger partial charge in [-0.3, -0.25) is 0 Å². The molecule has 0 aliphatic rings. The SMILES string of the molecule is C=C(C)COCCNc1nc(-c2ccc(NC(=O)N/C=C/C(F)(F)F)cc2)nc(-c2ccccc2S(C)(=O)=O)n1. The van der Waals surface area contributed by atoms with Crippen LogP contribution in [-0.2, 0) is 14.6 Å². The van der Waals surface area contributed by atoms with Gasteiger partial charge in [-0.1, -0.05) is 24.3 Å². The van der Waals surface area contributed by atoms with Gasteiger partial charge in [-0.25, -0.2) is 18.2 Å². The molecule has 1 aromatic heterocycles. The molecule has 0 aliphatic heterocycles. The predicted molar refractivity (Wildman–Crippen MR) is 145 cm³/mol. The molecule has 0 bridgehead atoms. The summed E-state index contributed by atoms with van der Waals surface area (Å²) in [6.07, 6.45) is -3.07. The maximum absolute atomic E-state index is 12.4. The fourth-order valence-electron chi connectivity index (χ4n) is 3.24. The number of aromatic nitrogens is 3. The van der Waals surface area contributed by atoms with Crippen LogP contribution < -0.4 is 16.0 Å². The lowest BCUT2D eigenvalue weighted by Gasteiger charge is -2.12. The van der Waals surface area contributed by atoms with Crippen molar-refractivity contribution in [3.63, 3.8) is 0 Å². The number of ether oxygens (including phenoxy) is 1. The summed E-state index contributed by atoms with van der Waals surface area (Å²) in [4.78, 5) is 25.2. The summed E-state index contributed by atoms with van der Waals surface area (Å²) in [5.41, 5.74) is 1.96. The number of carbonyl (C=O) groups excluding carboxylic acids is 1. The zero-order valence-electron chi connectivity index (χ0n) is 21.6. The van der Waals surface area contributed by atoms with Crippen molar-refractivity contribution in [1.82, 2.24) is 20.3 Å². The molecule has 0 saturated heterocycles. The number of halogens is 3. The van der Waals surface area contributed by atoms with E-state index in [1.807, 2.05) is 12.2 Å². The number of sulfone groups is 1. The third-order valence-electron chi connectivity index (χ3n) is 4.93. The Kier molecular flexibility index (Phi) is 9.96. The Hall–Kier alpha value is -4.30. The number of hydrogen-bond donors (Lipinski definition) is 3. The first-order valence-electron chi connectivity index (χ1n) is 11.8. The fraction of sp³-hybridized carbons (Fsp3) is 0.231.